The maximum atomic E-state index is 14.1. The van der Waals surface area contributed by atoms with Crippen molar-refractivity contribution in [3.8, 4) is 29.6 Å². The average molecular weight is 645 g/mol. The highest BCUT2D eigenvalue weighted by molar-refractivity contribution is 9.10. The number of hydrogen-bond acceptors (Lipinski definition) is 7. The lowest BCUT2D eigenvalue weighted by Crippen LogP contribution is -2.40. The van der Waals surface area contributed by atoms with Gasteiger partial charge < -0.3 is 19.5 Å². The highest BCUT2D eigenvalue weighted by Gasteiger charge is 2.33. The van der Waals surface area contributed by atoms with Crippen LogP contribution in [0.2, 0.25) is 0 Å². The zero-order valence-electron chi connectivity index (χ0n) is 23.0. The molecule has 0 spiro atoms. The highest BCUT2D eigenvalue weighted by Crippen LogP contribution is 2.36. The van der Waals surface area contributed by atoms with E-state index in [4.69, 9.17) is 25.6 Å². The van der Waals surface area contributed by atoms with E-state index in [-0.39, 0.29) is 18.1 Å². The first-order valence-corrected chi connectivity index (χ1v) is 14.4. The zero-order valence-corrected chi connectivity index (χ0v) is 25.4. The first-order valence-electron chi connectivity index (χ1n) is 12.8. The number of thiazole rings is 1. The zero-order chi connectivity index (χ0) is 29.8. The second kappa shape index (κ2) is 12.5. The predicted octanol–water partition coefficient (Wildman–Crippen LogP) is 4.67. The summed E-state index contributed by atoms with van der Waals surface area (Å²) in [5.41, 5.74) is 2.49. The number of rotatable bonds is 8. The van der Waals surface area contributed by atoms with Crippen molar-refractivity contribution in [2.45, 2.75) is 13.0 Å². The summed E-state index contributed by atoms with van der Waals surface area (Å²) in [5, 5.41) is 2.95. The summed E-state index contributed by atoms with van der Waals surface area (Å²) in [5.74, 6) is 3.63. The summed E-state index contributed by atoms with van der Waals surface area (Å²) in [7, 11) is 3.09. The lowest BCUT2D eigenvalue weighted by molar-refractivity contribution is -0.113. The van der Waals surface area contributed by atoms with Crippen LogP contribution in [0, 0.1) is 12.3 Å². The number of methoxy groups -OCH3 is 2. The number of fused-ring (bicyclic) bond motifs is 1. The number of anilines is 1. The molecule has 2 heterocycles. The van der Waals surface area contributed by atoms with Gasteiger partial charge in [-0.15, -0.1) is 6.42 Å². The van der Waals surface area contributed by atoms with Crippen molar-refractivity contribution in [2.75, 3.05) is 26.1 Å². The van der Waals surface area contributed by atoms with Crippen LogP contribution in [0.25, 0.3) is 6.08 Å². The van der Waals surface area contributed by atoms with Crippen molar-refractivity contribution in [1.82, 2.24) is 4.57 Å². The van der Waals surface area contributed by atoms with Crippen LogP contribution in [-0.4, -0.2) is 31.3 Å². The SMILES string of the molecule is C#CCOc1ccc(Br)cc1/C=c1\sc2n(c1=O)[C@H](c1ccc(OC)c(OC)c1)C(C(=O)Nc1ccccc1)=C(C)N=2. The molecule has 0 unspecified atom stereocenters. The van der Waals surface area contributed by atoms with E-state index < -0.39 is 6.04 Å². The van der Waals surface area contributed by atoms with E-state index in [1.165, 1.54) is 18.4 Å². The number of ether oxygens (including phenoxy) is 3. The summed E-state index contributed by atoms with van der Waals surface area (Å²) in [6.45, 7) is 1.85. The number of halogens is 1. The van der Waals surface area contributed by atoms with Crippen LogP contribution in [0.1, 0.15) is 24.1 Å². The van der Waals surface area contributed by atoms with Gasteiger partial charge in [-0.3, -0.25) is 14.2 Å². The summed E-state index contributed by atoms with van der Waals surface area (Å²) in [6.07, 6.45) is 7.14. The third-order valence-electron chi connectivity index (χ3n) is 6.59. The van der Waals surface area contributed by atoms with Crippen LogP contribution >= 0.6 is 27.3 Å². The van der Waals surface area contributed by atoms with Crippen LogP contribution in [0.4, 0.5) is 5.69 Å². The third-order valence-corrected chi connectivity index (χ3v) is 8.07. The molecule has 1 atom stereocenters. The Hall–Kier alpha value is -4.59. The molecule has 0 saturated heterocycles. The molecule has 0 aliphatic carbocycles. The van der Waals surface area contributed by atoms with Crippen molar-refractivity contribution in [3.63, 3.8) is 0 Å². The van der Waals surface area contributed by atoms with Gasteiger partial charge in [0, 0.05) is 15.7 Å². The number of para-hydroxylation sites is 1. The van der Waals surface area contributed by atoms with Gasteiger partial charge in [-0.1, -0.05) is 57.5 Å². The van der Waals surface area contributed by atoms with Crippen molar-refractivity contribution in [3.05, 3.63) is 113 Å². The van der Waals surface area contributed by atoms with E-state index >= 15 is 0 Å². The number of terminal acetylenes is 1. The van der Waals surface area contributed by atoms with Gasteiger partial charge in [-0.05, 0) is 61.0 Å². The Morgan fingerprint density at radius 2 is 1.83 bits per heavy atom. The number of amides is 1. The molecule has 42 heavy (non-hydrogen) atoms. The van der Waals surface area contributed by atoms with E-state index in [1.807, 2.05) is 36.4 Å². The van der Waals surface area contributed by atoms with Crippen molar-refractivity contribution >= 4 is 44.9 Å². The summed E-state index contributed by atoms with van der Waals surface area (Å²) < 4.78 is 19.5. The quantitative estimate of drug-likeness (QED) is 0.282. The minimum absolute atomic E-state index is 0.0854. The van der Waals surface area contributed by atoms with Crippen LogP contribution in [0.15, 0.2) is 92.3 Å². The Bertz CT molecular complexity index is 1920. The topological polar surface area (TPSA) is 91.1 Å². The minimum atomic E-state index is -0.786. The number of carbonyl (C=O) groups excluding carboxylic acids is 1. The maximum absolute atomic E-state index is 14.1. The fourth-order valence-electron chi connectivity index (χ4n) is 4.69. The molecule has 0 fully saturated rings. The molecule has 0 radical (unpaired) electrons. The molecule has 1 amide bonds. The van der Waals surface area contributed by atoms with E-state index in [9.17, 15) is 9.59 Å². The third kappa shape index (κ3) is 5.75. The Balaban J connectivity index is 1.71. The number of benzene rings is 3. The molecule has 10 heteroatoms. The van der Waals surface area contributed by atoms with Crippen LogP contribution < -0.4 is 34.4 Å². The smallest absolute Gasteiger partial charge is 0.271 e. The van der Waals surface area contributed by atoms with Gasteiger partial charge in [-0.25, -0.2) is 4.99 Å². The number of carbonyl (C=O) groups is 1. The first kappa shape index (κ1) is 28.9. The van der Waals surface area contributed by atoms with Gasteiger partial charge in [0.1, 0.15) is 12.4 Å². The van der Waals surface area contributed by atoms with Crippen LogP contribution in [0.5, 0.6) is 17.2 Å². The summed E-state index contributed by atoms with van der Waals surface area (Å²) in [4.78, 5) is 33.1. The van der Waals surface area contributed by atoms with E-state index in [2.05, 4.69) is 27.2 Å². The number of nitrogens with zero attached hydrogens (tertiary/aromatic N) is 2. The summed E-state index contributed by atoms with van der Waals surface area (Å²) in [6, 6.07) is 19.2. The summed E-state index contributed by atoms with van der Waals surface area (Å²) >= 11 is 4.72. The Kier molecular flexibility index (Phi) is 8.61. The molecule has 1 aliphatic heterocycles. The molecular weight excluding hydrogens is 618 g/mol. The standard InChI is InChI=1S/C32H26BrN3O5S/c1-5-15-41-24-14-12-22(33)16-21(24)18-27-31(38)36-29(20-11-13-25(39-3)26(17-20)40-4)28(19(2)34-32(36)42-27)30(37)35-23-9-7-6-8-10-23/h1,6-14,16-18,29H,15H2,2-4H3,(H,35,37)/b27-18-/t29-/m1/s1. The molecule has 1 aromatic heterocycles. The Labute approximate surface area is 254 Å². The second-order valence-electron chi connectivity index (χ2n) is 9.19. The van der Waals surface area contributed by atoms with Crippen molar-refractivity contribution in [2.24, 2.45) is 4.99 Å². The number of allylic oxidation sites excluding steroid dienone is 1. The van der Waals surface area contributed by atoms with Gasteiger partial charge in [0.25, 0.3) is 11.5 Å². The van der Waals surface area contributed by atoms with Gasteiger partial charge >= 0.3 is 0 Å². The monoisotopic (exact) mass is 643 g/mol. The lowest BCUT2D eigenvalue weighted by atomic mass is 9.94. The molecule has 0 bridgehead atoms. The molecule has 212 valence electrons. The Morgan fingerprint density at radius 1 is 1.10 bits per heavy atom. The molecule has 5 rings (SSSR count). The van der Waals surface area contributed by atoms with Gasteiger partial charge in [-0.2, -0.15) is 0 Å². The first-order chi connectivity index (χ1) is 20.3. The molecule has 4 aromatic rings. The van der Waals surface area contributed by atoms with Crippen LogP contribution in [0.3, 0.4) is 0 Å². The molecule has 0 saturated carbocycles. The molecule has 8 nitrogen and oxygen atoms in total. The van der Waals surface area contributed by atoms with Crippen molar-refractivity contribution in [1.29, 1.82) is 0 Å². The molecule has 1 aliphatic rings. The molecular formula is C32H26BrN3O5S. The average Bonchev–Trinajstić information content (AvgIpc) is 3.29. The largest absolute Gasteiger partial charge is 0.493 e. The van der Waals surface area contributed by atoms with Gasteiger partial charge in [0.15, 0.2) is 16.3 Å². The van der Waals surface area contributed by atoms with Crippen LogP contribution in [-0.2, 0) is 4.79 Å². The fourth-order valence-corrected chi connectivity index (χ4v) is 6.11. The number of hydrogen-bond donors (Lipinski definition) is 1. The van der Waals surface area contributed by atoms with E-state index in [1.54, 1.807) is 55.0 Å². The minimum Gasteiger partial charge on any atom is -0.493 e. The van der Waals surface area contributed by atoms with E-state index in [0.29, 0.717) is 54.7 Å². The maximum Gasteiger partial charge on any atom is 0.271 e. The second-order valence-corrected chi connectivity index (χ2v) is 11.1. The van der Waals surface area contributed by atoms with Gasteiger partial charge in [0.05, 0.1) is 36.1 Å². The number of nitrogens with one attached hydrogen (secondary N) is 1. The fraction of sp³-hybridized carbons (Fsp3) is 0.156. The highest BCUT2D eigenvalue weighted by atomic mass is 79.9. The predicted molar refractivity (Wildman–Crippen MR) is 167 cm³/mol. The normalized spacial score (nSPS) is 14.5. The lowest BCUT2D eigenvalue weighted by Gasteiger charge is -2.26. The van der Waals surface area contributed by atoms with Crippen molar-refractivity contribution < 1.29 is 19.0 Å². The Morgan fingerprint density at radius 3 is 2.55 bits per heavy atom. The molecule has 1 N–H and O–H groups in total. The number of aromatic nitrogens is 1. The van der Waals surface area contributed by atoms with E-state index in [0.717, 1.165) is 4.47 Å². The molecule has 3 aromatic carbocycles. The van der Waals surface area contributed by atoms with Gasteiger partial charge in [0.2, 0.25) is 0 Å².